The topological polar surface area (TPSA) is 104 Å². The lowest BCUT2D eigenvalue weighted by molar-refractivity contribution is -0.384. The average molecular weight is 425 g/mol. The summed E-state index contributed by atoms with van der Waals surface area (Å²) in [5, 5.41) is 14.5. The van der Waals surface area contributed by atoms with E-state index >= 15 is 0 Å². The predicted molar refractivity (Wildman–Crippen MR) is 116 cm³/mol. The number of non-ortho nitro benzene ring substituents is 1. The SMILES string of the molecule is O=C(c1ccco1)N1CCN(C(=NCc2ccc([N+](=O)[O-])cc2)NC2CCCC2)CC1. The molecule has 1 amide bonds. The van der Waals surface area contributed by atoms with Gasteiger partial charge in [0.25, 0.3) is 11.6 Å². The number of nitrogens with zero attached hydrogens (tertiary/aromatic N) is 4. The lowest BCUT2D eigenvalue weighted by atomic mass is 10.2. The number of nitro benzene ring substituents is 1. The van der Waals surface area contributed by atoms with Crippen molar-refractivity contribution in [3.05, 3.63) is 64.1 Å². The lowest BCUT2D eigenvalue weighted by Gasteiger charge is -2.37. The fourth-order valence-electron chi connectivity index (χ4n) is 4.06. The minimum atomic E-state index is -0.399. The van der Waals surface area contributed by atoms with Crippen molar-refractivity contribution in [2.45, 2.75) is 38.3 Å². The molecule has 1 aromatic heterocycles. The van der Waals surface area contributed by atoms with Crippen LogP contribution in [0.1, 0.15) is 41.8 Å². The summed E-state index contributed by atoms with van der Waals surface area (Å²) in [5.41, 5.74) is 0.998. The molecule has 0 atom stereocenters. The minimum Gasteiger partial charge on any atom is -0.459 e. The highest BCUT2D eigenvalue weighted by Crippen LogP contribution is 2.19. The van der Waals surface area contributed by atoms with Gasteiger partial charge in [-0.05, 0) is 30.5 Å². The van der Waals surface area contributed by atoms with Gasteiger partial charge in [0.1, 0.15) is 0 Å². The number of nitrogens with one attached hydrogen (secondary N) is 1. The molecule has 9 nitrogen and oxygen atoms in total. The Kier molecular flexibility index (Phi) is 6.49. The predicted octanol–water partition coefficient (Wildman–Crippen LogP) is 3.03. The molecule has 31 heavy (non-hydrogen) atoms. The normalized spacial score (nSPS) is 17.7. The quantitative estimate of drug-likeness (QED) is 0.342. The second kappa shape index (κ2) is 9.63. The summed E-state index contributed by atoms with van der Waals surface area (Å²) in [5.74, 6) is 1.12. The van der Waals surface area contributed by atoms with E-state index in [2.05, 4.69) is 10.2 Å². The van der Waals surface area contributed by atoms with Crippen molar-refractivity contribution in [3.63, 3.8) is 0 Å². The fraction of sp³-hybridized carbons (Fsp3) is 0.455. The van der Waals surface area contributed by atoms with Gasteiger partial charge < -0.3 is 19.5 Å². The smallest absolute Gasteiger partial charge is 0.289 e. The Labute approximate surface area is 180 Å². The van der Waals surface area contributed by atoms with Gasteiger partial charge in [0.2, 0.25) is 0 Å². The minimum absolute atomic E-state index is 0.0781. The van der Waals surface area contributed by atoms with Gasteiger partial charge in [-0.25, -0.2) is 4.99 Å². The zero-order chi connectivity index (χ0) is 21.6. The first-order valence-electron chi connectivity index (χ1n) is 10.7. The largest absolute Gasteiger partial charge is 0.459 e. The van der Waals surface area contributed by atoms with Crippen molar-refractivity contribution < 1.29 is 14.1 Å². The van der Waals surface area contributed by atoms with E-state index in [1.165, 1.54) is 31.2 Å². The van der Waals surface area contributed by atoms with E-state index in [1.54, 1.807) is 29.2 Å². The highest BCUT2D eigenvalue weighted by atomic mass is 16.6. The summed E-state index contributed by atoms with van der Waals surface area (Å²) in [6.07, 6.45) is 6.22. The van der Waals surface area contributed by atoms with Crippen molar-refractivity contribution in [2.24, 2.45) is 4.99 Å². The number of hydrogen-bond acceptors (Lipinski definition) is 5. The average Bonchev–Trinajstić information content (AvgIpc) is 3.51. The van der Waals surface area contributed by atoms with Gasteiger partial charge in [-0.3, -0.25) is 14.9 Å². The molecule has 2 aromatic rings. The molecule has 0 bridgehead atoms. The maximum atomic E-state index is 12.5. The van der Waals surface area contributed by atoms with Gasteiger partial charge in [0, 0.05) is 44.4 Å². The molecule has 0 unspecified atom stereocenters. The van der Waals surface area contributed by atoms with Crippen LogP contribution >= 0.6 is 0 Å². The van der Waals surface area contributed by atoms with E-state index < -0.39 is 4.92 Å². The highest BCUT2D eigenvalue weighted by molar-refractivity contribution is 5.91. The Morgan fingerprint density at radius 3 is 2.39 bits per heavy atom. The van der Waals surface area contributed by atoms with Crippen molar-refractivity contribution in [3.8, 4) is 0 Å². The molecule has 164 valence electrons. The number of hydrogen-bond donors (Lipinski definition) is 1. The van der Waals surface area contributed by atoms with Crippen LogP contribution in [0.2, 0.25) is 0 Å². The molecule has 1 saturated carbocycles. The van der Waals surface area contributed by atoms with Crippen LogP contribution in [-0.4, -0.2) is 58.8 Å². The summed E-state index contributed by atoms with van der Waals surface area (Å²) in [6, 6.07) is 10.3. The van der Waals surface area contributed by atoms with Crippen molar-refractivity contribution in [1.82, 2.24) is 15.1 Å². The number of benzene rings is 1. The van der Waals surface area contributed by atoms with Gasteiger partial charge in [0.15, 0.2) is 11.7 Å². The van der Waals surface area contributed by atoms with Crippen LogP contribution in [0.25, 0.3) is 0 Å². The first kappa shape index (κ1) is 20.9. The number of aliphatic imine (C=N–C) groups is 1. The molecule has 2 aliphatic rings. The van der Waals surface area contributed by atoms with Gasteiger partial charge in [-0.2, -0.15) is 0 Å². The van der Waals surface area contributed by atoms with Crippen LogP contribution in [0, 0.1) is 10.1 Å². The maximum absolute atomic E-state index is 12.5. The fourth-order valence-corrected chi connectivity index (χ4v) is 4.06. The first-order chi connectivity index (χ1) is 15.1. The van der Waals surface area contributed by atoms with E-state index in [0.717, 1.165) is 24.4 Å². The molecule has 0 radical (unpaired) electrons. The molecule has 9 heteroatoms. The van der Waals surface area contributed by atoms with E-state index in [-0.39, 0.29) is 11.6 Å². The van der Waals surface area contributed by atoms with Gasteiger partial charge in [-0.15, -0.1) is 0 Å². The van der Waals surface area contributed by atoms with E-state index in [1.807, 2.05) is 0 Å². The third kappa shape index (κ3) is 5.22. The number of rotatable bonds is 5. The first-order valence-corrected chi connectivity index (χ1v) is 10.7. The molecular formula is C22H27N5O4. The molecule has 1 aliphatic carbocycles. The zero-order valence-corrected chi connectivity index (χ0v) is 17.4. The number of amides is 1. The van der Waals surface area contributed by atoms with Crippen LogP contribution < -0.4 is 5.32 Å². The molecule has 2 heterocycles. The summed E-state index contributed by atoms with van der Waals surface area (Å²) >= 11 is 0. The van der Waals surface area contributed by atoms with Crippen molar-refractivity contribution in [2.75, 3.05) is 26.2 Å². The van der Waals surface area contributed by atoms with Crippen LogP contribution in [-0.2, 0) is 6.54 Å². The molecule has 1 saturated heterocycles. The Bertz CT molecular complexity index is 912. The Hall–Kier alpha value is -3.36. The summed E-state index contributed by atoms with van der Waals surface area (Å²) < 4.78 is 5.24. The van der Waals surface area contributed by atoms with E-state index in [4.69, 9.17) is 9.41 Å². The molecule has 1 N–H and O–H groups in total. The van der Waals surface area contributed by atoms with Crippen LogP contribution in [0.3, 0.4) is 0 Å². The van der Waals surface area contributed by atoms with E-state index in [0.29, 0.717) is 44.5 Å². The number of carbonyl (C=O) groups excluding carboxylic acids is 1. The number of nitro groups is 1. The summed E-state index contributed by atoms with van der Waals surface area (Å²) in [7, 11) is 0. The third-order valence-electron chi connectivity index (χ3n) is 5.85. The van der Waals surface area contributed by atoms with Crippen LogP contribution in [0.15, 0.2) is 52.1 Å². The Morgan fingerprint density at radius 1 is 1.10 bits per heavy atom. The molecule has 1 aliphatic heterocycles. The second-order valence-corrected chi connectivity index (χ2v) is 7.95. The van der Waals surface area contributed by atoms with Crippen molar-refractivity contribution in [1.29, 1.82) is 0 Å². The zero-order valence-electron chi connectivity index (χ0n) is 17.4. The third-order valence-corrected chi connectivity index (χ3v) is 5.85. The Balaban J connectivity index is 1.41. The number of guanidine groups is 1. The van der Waals surface area contributed by atoms with Crippen molar-refractivity contribution >= 4 is 17.6 Å². The van der Waals surface area contributed by atoms with Crippen LogP contribution in [0.4, 0.5) is 5.69 Å². The number of furan rings is 1. The number of piperazine rings is 1. The second-order valence-electron chi connectivity index (χ2n) is 7.95. The molecular weight excluding hydrogens is 398 g/mol. The van der Waals surface area contributed by atoms with Gasteiger partial charge >= 0.3 is 0 Å². The number of carbonyl (C=O) groups is 1. The lowest BCUT2D eigenvalue weighted by Crippen LogP contribution is -2.55. The van der Waals surface area contributed by atoms with Gasteiger partial charge in [-0.1, -0.05) is 25.0 Å². The summed E-state index contributed by atoms with van der Waals surface area (Å²) in [6.45, 7) is 3.01. The monoisotopic (exact) mass is 425 g/mol. The highest BCUT2D eigenvalue weighted by Gasteiger charge is 2.26. The standard InChI is InChI=1S/C22H27N5O4/c28-21(20-6-3-15-31-20)25-11-13-26(14-12-25)22(24-18-4-1-2-5-18)23-16-17-7-9-19(10-8-17)27(29)30/h3,6-10,15,18H,1-2,4-5,11-14,16H2,(H,23,24). The summed E-state index contributed by atoms with van der Waals surface area (Å²) in [4.78, 5) is 31.8. The van der Waals surface area contributed by atoms with Crippen LogP contribution in [0.5, 0.6) is 0 Å². The van der Waals surface area contributed by atoms with E-state index in [9.17, 15) is 14.9 Å². The molecule has 1 aromatic carbocycles. The maximum Gasteiger partial charge on any atom is 0.289 e. The van der Waals surface area contributed by atoms with Gasteiger partial charge in [0.05, 0.1) is 17.7 Å². The Morgan fingerprint density at radius 2 is 1.77 bits per heavy atom. The molecule has 2 fully saturated rings. The molecule has 4 rings (SSSR count). The molecule has 0 spiro atoms.